The van der Waals surface area contributed by atoms with Crippen LogP contribution in [0.2, 0.25) is 0 Å². The van der Waals surface area contributed by atoms with Gasteiger partial charge in [0.1, 0.15) is 11.6 Å². The molecule has 2 aliphatic carbocycles. The van der Waals surface area contributed by atoms with Crippen molar-refractivity contribution >= 4 is 0 Å². The highest BCUT2D eigenvalue weighted by molar-refractivity contribution is 5.28. The topological polar surface area (TPSA) is 9.23 Å². The predicted octanol–water partition coefficient (Wildman–Crippen LogP) is 7.94. The second kappa shape index (κ2) is 11.2. The van der Waals surface area contributed by atoms with Crippen LogP contribution in [0.15, 0.2) is 24.8 Å². The van der Waals surface area contributed by atoms with E-state index < -0.39 is 11.6 Å². The Balaban J connectivity index is 1.50. The minimum absolute atomic E-state index is 0.0316. The van der Waals surface area contributed by atoms with Crippen molar-refractivity contribution in [2.45, 2.75) is 90.1 Å². The molecule has 0 aliphatic heterocycles. The summed E-state index contributed by atoms with van der Waals surface area (Å²) in [4.78, 5) is 0. The molecule has 1 aromatic carbocycles. The minimum atomic E-state index is -0.475. The molecule has 0 radical (unpaired) electrons. The van der Waals surface area contributed by atoms with E-state index in [1.165, 1.54) is 57.8 Å². The van der Waals surface area contributed by atoms with Gasteiger partial charge in [-0.25, -0.2) is 8.78 Å². The van der Waals surface area contributed by atoms with Crippen molar-refractivity contribution in [1.29, 1.82) is 0 Å². The monoisotopic (exact) mass is 404 g/mol. The van der Waals surface area contributed by atoms with Gasteiger partial charge in [0.25, 0.3) is 0 Å². The van der Waals surface area contributed by atoms with Gasteiger partial charge in [-0.15, -0.1) is 6.58 Å². The molecule has 1 aromatic rings. The lowest BCUT2D eigenvalue weighted by molar-refractivity contribution is 0.142. The quantitative estimate of drug-likeness (QED) is 0.300. The van der Waals surface area contributed by atoms with Crippen molar-refractivity contribution in [3.05, 3.63) is 47.5 Å². The lowest BCUT2D eigenvalue weighted by Gasteiger charge is -2.38. The van der Waals surface area contributed by atoms with E-state index in [2.05, 4.69) is 13.5 Å². The molecule has 0 atom stereocenters. The standard InChI is InChI=1S/C26H38F2O/c1-3-5-6-19-7-9-20(10-8-19)21-11-13-22(14-12-21)23-16-25(27)24(26(28)17-23)18-29-15-4-2/h4,16-17,19-22H,2-3,5-15,18H2,1H3/t19-,20-,21?,22?. The van der Waals surface area contributed by atoms with Crippen LogP contribution in [-0.2, 0) is 11.3 Å². The first kappa shape index (κ1) is 22.5. The normalized spacial score (nSPS) is 27.7. The zero-order chi connectivity index (χ0) is 20.6. The van der Waals surface area contributed by atoms with E-state index in [1.54, 1.807) is 18.2 Å². The Morgan fingerprint density at radius 3 is 2.10 bits per heavy atom. The largest absolute Gasteiger partial charge is 0.373 e. The predicted molar refractivity (Wildman–Crippen MR) is 116 cm³/mol. The van der Waals surface area contributed by atoms with Crippen LogP contribution in [0.5, 0.6) is 0 Å². The molecule has 0 unspecified atom stereocenters. The van der Waals surface area contributed by atoms with E-state index in [0.717, 1.165) is 36.2 Å². The molecule has 3 rings (SSSR count). The molecule has 29 heavy (non-hydrogen) atoms. The van der Waals surface area contributed by atoms with Gasteiger partial charge in [0.15, 0.2) is 0 Å². The molecule has 3 heteroatoms. The molecule has 1 nitrogen and oxygen atoms in total. The van der Waals surface area contributed by atoms with Gasteiger partial charge in [0.05, 0.1) is 13.2 Å². The Hall–Kier alpha value is -1.22. The highest BCUT2D eigenvalue weighted by atomic mass is 19.1. The molecule has 0 saturated heterocycles. The number of hydrogen-bond acceptors (Lipinski definition) is 1. The Labute approximate surface area is 175 Å². The van der Waals surface area contributed by atoms with Crippen LogP contribution in [0, 0.1) is 29.4 Å². The first-order chi connectivity index (χ1) is 14.1. The molecular weight excluding hydrogens is 366 g/mol. The Bertz CT molecular complexity index is 617. The number of unbranched alkanes of at least 4 members (excludes halogenated alkanes) is 1. The van der Waals surface area contributed by atoms with Crippen molar-refractivity contribution in [3.63, 3.8) is 0 Å². The number of ether oxygens (including phenoxy) is 1. The van der Waals surface area contributed by atoms with Gasteiger partial charge in [-0.2, -0.15) is 0 Å². The van der Waals surface area contributed by atoms with Crippen LogP contribution < -0.4 is 0 Å². The number of hydrogen-bond donors (Lipinski definition) is 0. The van der Waals surface area contributed by atoms with E-state index in [9.17, 15) is 8.78 Å². The summed E-state index contributed by atoms with van der Waals surface area (Å²) in [6, 6.07) is 3.08. The molecular formula is C26H38F2O. The average Bonchev–Trinajstić information content (AvgIpc) is 2.74. The van der Waals surface area contributed by atoms with Gasteiger partial charge < -0.3 is 4.74 Å². The summed E-state index contributed by atoms with van der Waals surface area (Å²) in [5, 5.41) is 0. The second-order valence-electron chi connectivity index (χ2n) is 9.30. The van der Waals surface area contributed by atoms with Crippen molar-refractivity contribution in [3.8, 4) is 0 Å². The smallest absolute Gasteiger partial charge is 0.131 e. The first-order valence-corrected chi connectivity index (χ1v) is 11.8. The third-order valence-electron chi connectivity index (χ3n) is 7.41. The van der Waals surface area contributed by atoms with Crippen molar-refractivity contribution in [2.75, 3.05) is 6.61 Å². The lowest BCUT2D eigenvalue weighted by atomic mass is 9.68. The molecule has 2 aliphatic rings. The zero-order valence-corrected chi connectivity index (χ0v) is 18.1. The van der Waals surface area contributed by atoms with Gasteiger partial charge in [0.2, 0.25) is 0 Å². The van der Waals surface area contributed by atoms with E-state index in [0.29, 0.717) is 12.5 Å². The van der Waals surface area contributed by atoms with E-state index >= 15 is 0 Å². The first-order valence-electron chi connectivity index (χ1n) is 11.8. The maximum atomic E-state index is 14.4. The zero-order valence-electron chi connectivity index (χ0n) is 18.1. The fraction of sp³-hybridized carbons (Fsp3) is 0.692. The van der Waals surface area contributed by atoms with Crippen LogP contribution in [0.3, 0.4) is 0 Å². The van der Waals surface area contributed by atoms with E-state index in [-0.39, 0.29) is 12.2 Å². The fourth-order valence-electron chi connectivity index (χ4n) is 5.61. The number of halogens is 2. The van der Waals surface area contributed by atoms with Gasteiger partial charge in [0, 0.05) is 5.56 Å². The van der Waals surface area contributed by atoms with Crippen molar-refractivity contribution < 1.29 is 13.5 Å². The summed E-state index contributed by atoms with van der Waals surface area (Å²) in [5.74, 6) is 2.00. The maximum absolute atomic E-state index is 14.4. The van der Waals surface area contributed by atoms with Crippen LogP contribution in [0.25, 0.3) is 0 Å². The third kappa shape index (κ3) is 6.13. The molecule has 0 aromatic heterocycles. The van der Waals surface area contributed by atoms with Crippen molar-refractivity contribution in [1.82, 2.24) is 0 Å². The number of benzene rings is 1. The Morgan fingerprint density at radius 1 is 0.966 bits per heavy atom. The van der Waals surface area contributed by atoms with Crippen molar-refractivity contribution in [2.24, 2.45) is 17.8 Å². The summed E-state index contributed by atoms with van der Waals surface area (Å²) < 4.78 is 34.1. The van der Waals surface area contributed by atoms with Crippen LogP contribution in [0.4, 0.5) is 8.78 Å². The summed E-state index contributed by atoms with van der Waals surface area (Å²) in [5.41, 5.74) is 0.860. The lowest BCUT2D eigenvalue weighted by Crippen LogP contribution is -2.25. The van der Waals surface area contributed by atoms with Gasteiger partial charge in [-0.05, 0) is 79.9 Å². The molecule has 2 fully saturated rings. The molecule has 0 bridgehead atoms. The number of rotatable bonds is 9. The summed E-state index contributed by atoms with van der Waals surface area (Å²) in [7, 11) is 0. The summed E-state index contributed by atoms with van der Waals surface area (Å²) in [6.07, 6.45) is 15.9. The van der Waals surface area contributed by atoms with E-state index in [1.807, 2.05) is 0 Å². The fourth-order valence-corrected chi connectivity index (χ4v) is 5.61. The summed E-state index contributed by atoms with van der Waals surface area (Å²) in [6.45, 7) is 6.09. The SMILES string of the molecule is C=CCOCc1c(F)cc(C2CCC([C@H]3CC[C@H](CCCC)CC3)CC2)cc1F. The molecule has 2 saturated carbocycles. The molecule has 0 amide bonds. The Kier molecular flexibility index (Phi) is 8.71. The van der Waals surface area contributed by atoms with Crippen LogP contribution >= 0.6 is 0 Å². The molecule has 0 heterocycles. The average molecular weight is 405 g/mol. The second-order valence-corrected chi connectivity index (χ2v) is 9.30. The Morgan fingerprint density at radius 2 is 1.55 bits per heavy atom. The molecule has 0 N–H and O–H groups in total. The van der Waals surface area contributed by atoms with E-state index in [4.69, 9.17) is 4.74 Å². The maximum Gasteiger partial charge on any atom is 0.131 e. The highest BCUT2D eigenvalue weighted by Gasteiger charge is 2.31. The van der Waals surface area contributed by atoms with Gasteiger partial charge >= 0.3 is 0 Å². The molecule has 0 spiro atoms. The highest BCUT2D eigenvalue weighted by Crippen LogP contribution is 2.44. The van der Waals surface area contributed by atoms with Crippen LogP contribution in [0.1, 0.15) is 94.6 Å². The van der Waals surface area contributed by atoms with Crippen LogP contribution in [-0.4, -0.2) is 6.61 Å². The third-order valence-corrected chi connectivity index (χ3v) is 7.41. The summed E-state index contributed by atoms with van der Waals surface area (Å²) >= 11 is 0. The van der Waals surface area contributed by atoms with Gasteiger partial charge in [-0.1, -0.05) is 45.1 Å². The van der Waals surface area contributed by atoms with Gasteiger partial charge in [-0.3, -0.25) is 0 Å². The minimum Gasteiger partial charge on any atom is -0.373 e. The molecule has 162 valence electrons.